The quantitative estimate of drug-likeness (QED) is 0.826. The Kier molecular flexibility index (Phi) is 3.68. The summed E-state index contributed by atoms with van der Waals surface area (Å²) >= 11 is 0. The van der Waals surface area contributed by atoms with Gasteiger partial charge in [0.15, 0.2) is 0 Å². The van der Waals surface area contributed by atoms with Gasteiger partial charge in [0.1, 0.15) is 11.8 Å². The molecule has 0 atom stereocenters. The molecule has 1 saturated carbocycles. The number of aromatic nitrogens is 1. The summed E-state index contributed by atoms with van der Waals surface area (Å²) < 4.78 is 5.21. The zero-order valence-corrected chi connectivity index (χ0v) is 10.5. The van der Waals surface area contributed by atoms with Gasteiger partial charge in [-0.05, 0) is 18.9 Å². The minimum atomic E-state index is -0.168. The lowest BCUT2D eigenvalue weighted by molar-refractivity contribution is 0.0179. The Balaban J connectivity index is 1.90. The van der Waals surface area contributed by atoms with E-state index < -0.39 is 0 Å². The fourth-order valence-corrected chi connectivity index (χ4v) is 2.31. The number of carbonyl (C=O) groups excluding carboxylic acids is 1. The van der Waals surface area contributed by atoms with Crippen LogP contribution < -0.4 is 5.32 Å². The van der Waals surface area contributed by atoms with E-state index in [4.69, 9.17) is 10.00 Å². The van der Waals surface area contributed by atoms with Crippen LogP contribution >= 0.6 is 0 Å². The third-order valence-electron chi connectivity index (χ3n) is 3.55. The van der Waals surface area contributed by atoms with E-state index in [-0.39, 0.29) is 11.3 Å². The number of nitriles is 1. The van der Waals surface area contributed by atoms with Gasteiger partial charge >= 0.3 is 0 Å². The number of nitrogens with one attached hydrogen (secondary N) is 2. The number of ether oxygens (including phenoxy) is 1. The number of methoxy groups -OCH3 is 1. The summed E-state index contributed by atoms with van der Waals surface area (Å²) in [6, 6.07) is 3.54. The lowest BCUT2D eigenvalue weighted by Gasteiger charge is -2.41. The summed E-state index contributed by atoms with van der Waals surface area (Å²) in [7, 11) is 1.69. The minimum Gasteiger partial charge on any atom is -0.384 e. The second-order valence-corrected chi connectivity index (χ2v) is 4.88. The molecule has 1 aliphatic carbocycles. The molecule has 1 aromatic heterocycles. The van der Waals surface area contributed by atoms with Crippen molar-refractivity contribution in [1.82, 2.24) is 10.3 Å². The fourth-order valence-electron chi connectivity index (χ4n) is 2.31. The summed E-state index contributed by atoms with van der Waals surface area (Å²) in [5.74, 6) is -0.168. The van der Waals surface area contributed by atoms with Gasteiger partial charge in [0.2, 0.25) is 0 Å². The summed E-state index contributed by atoms with van der Waals surface area (Å²) in [4.78, 5) is 14.7. The SMILES string of the molecule is COCC1(CNC(=O)c2cc(C#N)c[nH]2)CCC1. The predicted molar refractivity (Wildman–Crippen MR) is 66.0 cm³/mol. The average molecular weight is 247 g/mol. The van der Waals surface area contributed by atoms with Crippen LogP contribution in [0.2, 0.25) is 0 Å². The molecule has 1 heterocycles. The molecule has 2 rings (SSSR count). The summed E-state index contributed by atoms with van der Waals surface area (Å²) in [6.45, 7) is 1.31. The van der Waals surface area contributed by atoms with Crippen molar-refractivity contribution < 1.29 is 9.53 Å². The molecular formula is C13H17N3O2. The Hall–Kier alpha value is -1.80. The highest BCUT2D eigenvalue weighted by Gasteiger charge is 2.37. The van der Waals surface area contributed by atoms with E-state index in [0.29, 0.717) is 24.4 Å². The molecule has 0 bridgehead atoms. The molecular weight excluding hydrogens is 230 g/mol. The van der Waals surface area contributed by atoms with E-state index in [1.165, 1.54) is 12.6 Å². The van der Waals surface area contributed by atoms with Crippen LogP contribution in [0.5, 0.6) is 0 Å². The Morgan fingerprint density at radius 1 is 1.67 bits per heavy atom. The minimum absolute atomic E-state index is 0.106. The Morgan fingerprint density at radius 3 is 2.94 bits per heavy atom. The number of rotatable bonds is 5. The van der Waals surface area contributed by atoms with Crippen LogP contribution in [0.4, 0.5) is 0 Å². The standard InChI is InChI=1S/C13H17N3O2/c1-18-9-13(3-2-4-13)8-16-12(17)11-5-10(6-14)7-15-11/h5,7,15H,2-4,8-9H2,1H3,(H,16,17). The highest BCUT2D eigenvalue weighted by atomic mass is 16.5. The highest BCUT2D eigenvalue weighted by molar-refractivity contribution is 5.92. The third-order valence-corrected chi connectivity index (χ3v) is 3.55. The molecule has 5 heteroatoms. The summed E-state index contributed by atoms with van der Waals surface area (Å²) in [5.41, 5.74) is 1.00. The lowest BCUT2D eigenvalue weighted by atomic mass is 9.69. The van der Waals surface area contributed by atoms with Crippen molar-refractivity contribution >= 4 is 5.91 Å². The average Bonchev–Trinajstić information content (AvgIpc) is 2.80. The Bertz CT molecular complexity index is 469. The van der Waals surface area contributed by atoms with Gasteiger partial charge in [0, 0.05) is 25.3 Å². The maximum absolute atomic E-state index is 11.9. The van der Waals surface area contributed by atoms with Crippen molar-refractivity contribution in [2.45, 2.75) is 19.3 Å². The van der Waals surface area contributed by atoms with Crippen LogP contribution in [-0.4, -0.2) is 31.2 Å². The van der Waals surface area contributed by atoms with Crippen molar-refractivity contribution in [1.29, 1.82) is 5.26 Å². The first-order chi connectivity index (χ1) is 8.69. The molecule has 0 unspecified atom stereocenters. The molecule has 0 saturated heterocycles. The molecule has 5 nitrogen and oxygen atoms in total. The van der Waals surface area contributed by atoms with Gasteiger partial charge in [-0.1, -0.05) is 6.42 Å². The maximum atomic E-state index is 11.9. The monoisotopic (exact) mass is 247 g/mol. The van der Waals surface area contributed by atoms with E-state index in [9.17, 15) is 4.79 Å². The second kappa shape index (κ2) is 5.23. The molecule has 96 valence electrons. The van der Waals surface area contributed by atoms with E-state index >= 15 is 0 Å². The molecule has 0 aromatic carbocycles. The van der Waals surface area contributed by atoms with Crippen molar-refractivity contribution in [3.05, 3.63) is 23.5 Å². The van der Waals surface area contributed by atoms with Crippen LogP contribution in [0.1, 0.15) is 35.3 Å². The van der Waals surface area contributed by atoms with E-state index in [2.05, 4.69) is 10.3 Å². The number of hydrogen-bond acceptors (Lipinski definition) is 3. The molecule has 0 spiro atoms. The van der Waals surface area contributed by atoms with Crippen molar-refractivity contribution in [2.24, 2.45) is 5.41 Å². The molecule has 1 fully saturated rings. The Labute approximate surface area is 106 Å². The van der Waals surface area contributed by atoms with Crippen LogP contribution in [0.15, 0.2) is 12.3 Å². The number of hydrogen-bond donors (Lipinski definition) is 2. The first kappa shape index (κ1) is 12.7. The van der Waals surface area contributed by atoms with Crippen molar-refractivity contribution in [3.63, 3.8) is 0 Å². The van der Waals surface area contributed by atoms with Gasteiger partial charge in [0.25, 0.3) is 5.91 Å². The van der Waals surface area contributed by atoms with Gasteiger partial charge in [0.05, 0.1) is 12.2 Å². The van der Waals surface area contributed by atoms with Gasteiger partial charge in [-0.2, -0.15) is 5.26 Å². The molecule has 1 amide bonds. The lowest BCUT2D eigenvalue weighted by Crippen LogP contribution is -2.45. The van der Waals surface area contributed by atoms with Gasteiger partial charge in [-0.25, -0.2) is 0 Å². The van der Waals surface area contributed by atoms with Crippen molar-refractivity contribution in [3.8, 4) is 6.07 Å². The number of H-pyrrole nitrogens is 1. The summed E-state index contributed by atoms with van der Waals surface area (Å²) in [6.07, 6.45) is 4.91. The molecule has 1 aliphatic rings. The van der Waals surface area contributed by atoms with Crippen LogP contribution in [0.25, 0.3) is 0 Å². The molecule has 2 N–H and O–H groups in total. The number of nitrogens with zero attached hydrogens (tertiary/aromatic N) is 1. The van der Waals surface area contributed by atoms with Crippen LogP contribution in [-0.2, 0) is 4.74 Å². The maximum Gasteiger partial charge on any atom is 0.267 e. The van der Waals surface area contributed by atoms with Crippen molar-refractivity contribution in [2.75, 3.05) is 20.3 Å². The molecule has 0 aliphatic heterocycles. The zero-order valence-electron chi connectivity index (χ0n) is 10.5. The number of amides is 1. The fraction of sp³-hybridized carbons (Fsp3) is 0.538. The van der Waals surface area contributed by atoms with E-state index in [0.717, 1.165) is 12.8 Å². The zero-order chi connectivity index (χ0) is 13.0. The number of aromatic amines is 1. The molecule has 18 heavy (non-hydrogen) atoms. The smallest absolute Gasteiger partial charge is 0.267 e. The third kappa shape index (κ3) is 2.54. The number of carbonyl (C=O) groups is 1. The van der Waals surface area contributed by atoms with Crippen LogP contribution in [0, 0.1) is 16.7 Å². The molecule has 1 aromatic rings. The second-order valence-electron chi connectivity index (χ2n) is 4.88. The predicted octanol–water partition coefficient (Wildman–Crippen LogP) is 1.43. The summed E-state index contributed by atoms with van der Waals surface area (Å²) in [5, 5.41) is 11.6. The first-order valence-electron chi connectivity index (χ1n) is 6.05. The van der Waals surface area contributed by atoms with E-state index in [1.54, 1.807) is 13.2 Å². The van der Waals surface area contributed by atoms with Gasteiger partial charge in [-0.3, -0.25) is 4.79 Å². The first-order valence-corrected chi connectivity index (χ1v) is 6.05. The molecule has 0 radical (unpaired) electrons. The normalized spacial score (nSPS) is 16.7. The van der Waals surface area contributed by atoms with Gasteiger partial charge in [-0.15, -0.1) is 0 Å². The Morgan fingerprint density at radius 2 is 2.44 bits per heavy atom. The van der Waals surface area contributed by atoms with E-state index in [1.807, 2.05) is 6.07 Å². The highest BCUT2D eigenvalue weighted by Crippen LogP contribution is 2.40. The largest absolute Gasteiger partial charge is 0.384 e. The van der Waals surface area contributed by atoms with Gasteiger partial charge < -0.3 is 15.0 Å². The van der Waals surface area contributed by atoms with Crippen LogP contribution in [0.3, 0.4) is 0 Å². The topological polar surface area (TPSA) is 77.9 Å².